The van der Waals surface area contributed by atoms with Gasteiger partial charge in [0.05, 0.1) is 31.6 Å². The van der Waals surface area contributed by atoms with Gasteiger partial charge in [-0.25, -0.2) is 13.9 Å². The van der Waals surface area contributed by atoms with Crippen LogP contribution in [0.4, 0.5) is 10.2 Å². The number of anilines is 1. The van der Waals surface area contributed by atoms with Crippen LogP contribution in [0.3, 0.4) is 0 Å². The Bertz CT molecular complexity index is 1090. The van der Waals surface area contributed by atoms with E-state index in [4.69, 9.17) is 5.11 Å². The first kappa shape index (κ1) is 21.2. The van der Waals surface area contributed by atoms with Crippen molar-refractivity contribution in [2.75, 3.05) is 24.6 Å². The number of carbonyl (C=O) groups is 1. The smallest absolute Gasteiger partial charge is 0.256 e. The minimum atomic E-state index is -1.05. The fourth-order valence-corrected chi connectivity index (χ4v) is 3.93. The molecular weight excluding hydrogens is 405 g/mol. The van der Waals surface area contributed by atoms with Crippen LogP contribution < -0.4 is 10.2 Å². The zero-order valence-corrected chi connectivity index (χ0v) is 16.8. The fraction of sp³-hybridized carbons (Fsp3) is 0.381. The molecule has 0 aliphatic carbocycles. The van der Waals surface area contributed by atoms with Crippen molar-refractivity contribution in [1.29, 1.82) is 0 Å². The molecule has 9 nitrogen and oxygen atoms in total. The van der Waals surface area contributed by atoms with Crippen molar-refractivity contribution in [1.82, 2.24) is 19.9 Å². The minimum absolute atomic E-state index is 0.0932. The van der Waals surface area contributed by atoms with Crippen molar-refractivity contribution in [2.24, 2.45) is 0 Å². The molecule has 4 rings (SSSR count). The molecule has 3 heterocycles. The molecule has 1 aromatic carbocycles. The lowest BCUT2D eigenvalue weighted by atomic mass is 9.98. The summed E-state index contributed by atoms with van der Waals surface area (Å²) in [4.78, 5) is 19.2. The van der Waals surface area contributed by atoms with Crippen LogP contribution in [0.15, 0.2) is 36.7 Å². The molecule has 1 aliphatic heterocycles. The maximum absolute atomic E-state index is 13.9. The highest BCUT2D eigenvalue weighted by Gasteiger charge is 2.29. The van der Waals surface area contributed by atoms with Crippen molar-refractivity contribution in [2.45, 2.75) is 31.6 Å². The summed E-state index contributed by atoms with van der Waals surface area (Å²) in [5.41, 5.74) is 1.99. The zero-order valence-electron chi connectivity index (χ0n) is 16.8. The summed E-state index contributed by atoms with van der Waals surface area (Å²) in [5.74, 6) is -0.201. The average Bonchev–Trinajstić information content (AvgIpc) is 3.43. The van der Waals surface area contributed by atoms with Gasteiger partial charge in [0, 0.05) is 19.3 Å². The number of fused-ring (bicyclic) bond motifs is 1. The van der Waals surface area contributed by atoms with E-state index in [1.807, 2.05) is 4.90 Å². The number of halogens is 1. The molecule has 0 bridgehead atoms. The number of nitrogens with zero attached hydrogens (tertiary/aromatic N) is 4. The summed E-state index contributed by atoms with van der Waals surface area (Å²) in [6.45, 7) is -0.0274. The van der Waals surface area contributed by atoms with Gasteiger partial charge in [0.25, 0.3) is 5.91 Å². The first-order valence-electron chi connectivity index (χ1n) is 10.1. The third-order valence-corrected chi connectivity index (χ3v) is 5.49. The quantitative estimate of drug-likeness (QED) is 0.438. The van der Waals surface area contributed by atoms with Crippen LogP contribution in [0, 0.1) is 5.82 Å². The van der Waals surface area contributed by atoms with E-state index in [0.717, 1.165) is 18.4 Å². The molecular formula is C21H24FN5O4. The lowest BCUT2D eigenvalue weighted by Crippen LogP contribution is -2.33. The number of aliphatic hydroxyl groups excluding tert-OH is 3. The third-order valence-electron chi connectivity index (χ3n) is 5.49. The van der Waals surface area contributed by atoms with Crippen LogP contribution in [-0.2, 0) is 6.61 Å². The number of carbonyl (C=O) groups excluding carboxylic acids is 1. The number of hydrogen-bond acceptors (Lipinski definition) is 7. The standard InChI is InChI=1S/C21H24FN5O4/c22-14-4-3-13(11-28)16(8-14)18-2-1-6-26(18)19-5-7-27-20(25-19)17(10-24-27)21(31)23-9-15(30)12-29/h3-5,7-8,10,15,18,28-30H,1-2,6,9,11-12H2,(H,23,31)/t15-,18-/m1/s1. The molecule has 2 aromatic heterocycles. The Labute approximate surface area is 177 Å². The Morgan fingerprint density at radius 2 is 2.16 bits per heavy atom. The molecule has 0 saturated carbocycles. The van der Waals surface area contributed by atoms with Gasteiger partial charge >= 0.3 is 0 Å². The number of benzene rings is 1. The number of aliphatic hydroxyl groups is 3. The second-order valence-electron chi connectivity index (χ2n) is 7.51. The van der Waals surface area contributed by atoms with Crippen LogP contribution in [-0.4, -0.2) is 61.6 Å². The average molecular weight is 429 g/mol. The maximum atomic E-state index is 13.9. The highest BCUT2D eigenvalue weighted by atomic mass is 19.1. The Morgan fingerprint density at radius 1 is 1.32 bits per heavy atom. The van der Waals surface area contributed by atoms with E-state index in [2.05, 4.69) is 15.4 Å². The Morgan fingerprint density at radius 3 is 2.94 bits per heavy atom. The Hall–Kier alpha value is -3.08. The van der Waals surface area contributed by atoms with E-state index < -0.39 is 18.6 Å². The molecule has 164 valence electrons. The van der Waals surface area contributed by atoms with Crippen molar-refractivity contribution in [3.8, 4) is 0 Å². The van der Waals surface area contributed by atoms with E-state index in [1.165, 1.54) is 22.8 Å². The van der Waals surface area contributed by atoms with E-state index >= 15 is 0 Å². The minimum Gasteiger partial charge on any atom is -0.394 e. The molecule has 3 aromatic rings. The highest BCUT2D eigenvalue weighted by molar-refractivity contribution is 5.99. The van der Waals surface area contributed by atoms with Crippen LogP contribution in [0.25, 0.3) is 5.65 Å². The second kappa shape index (κ2) is 8.96. The number of aromatic nitrogens is 3. The lowest BCUT2D eigenvalue weighted by Gasteiger charge is -2.27. The summed E-state index contributed by atoms with van der Waals surface area (Å²) in [5, 5.41) is 34.8. The van der Waals surface area contributed by atoms with Gasteiger partial charge in [0.2, 0.25) is 0 Å². The van der Waals surface area contributed by atoms with E-state index in [-0.39, 0.29) is 30.6 Å². The van der Waals surface area contributed by atoms with Crippen LogP contribution in [0.2, 0.25) is 0 Å². The van der Waals surface area contributed by atoms with Crippen LogP contribution in [0.5, 0.6) is 0 Å². The molecule has 4 N–H and O–H groups in total. The summed E-state index contributed by atoms with van der Waals surface area (Å²) in [7, 11) is 0. The van der Waals surface area contributed by atoms with Crippen molar-refractivity contribution in [3.63, 3.8) is 0 Å². The molecule has 31 heavy (non-hydrogen) atoms. The predicted molar refractivity (Wildman–Crippen MR) is 110 cm³/mol. The van der Waals surface area contributed by atoms with E-state index in [9.17, 15) is 19.4 Å². The number of amides is 1. The van der Waals surface area contributed by atoms with E-state index in [1.54, 1.807) is 18.3 Å². The summed E-state index contributed by atoms with van der Waals surface area (Å²) in [6, 6.07) is 6.03. The first-order valence-corrected chi connectivity index (χ1v) is 10.1. The van der Waals surface area contributed by atoms with Crippen molar-refractivity contribution in [3.05, 3.63) is 59.2 Å². The second-order valence-corrected chi connectivity index (χ2v) is 7.51. The van der Waals surface area contributed by atoms with Gasteiger partial charge in [0.1, 0.15) is 17.2 Å². The fourth-order valence-electron chi connectivity index (χ4n) is 3.93. The highest BCUT2D eigenvalue weighted by Crippen LogP contribution is 2.37. The molecule has 0 unspecified atom stereocenters. The summed E-state index contributed by atoms with van der Waals surface area (Å²) >= 11 is 0. The monoisotopic (exact) mass is 429 g/mol. The Balaban J connectivity index is 1.65. The molecule has 1 saturated heterocycles. The maximum Gasteiger partial charge on any atom is 0.256 e. The molecule has 2 atom stereocenters. The van der Waals surface area contributed by atoms with Gasteiger partial charge in [-0.15, -0.1) is 0 Å². The van der Waals surface area contributed by atoms with Gasteiger partial charge in [0.15, 0.2) is 5.65 Å². The lowest BCUT2D eigenvalue weighted by molar-refractivity contribution is 0.0803. The predicted octanol–water partition coefficient (Wildman–Crippen LogP) is 0.785. The van der Waals surface area contributed by atoms with Crippen molar-refractivity contribution < 1.29 is 24.5 Å². The number of rotatable bonds is 7. The molecule has 10 heteroatoms. The summed E-state index contributed by atoms with van der Waals surface area (Å²) < 4.78 is 15.4. The molecule has 1 amide bonds. The van der Waals surface area contributed by atoms with Crippen LogP contribution in [0.1, 0.15) is 40.4 Å². The third kappa shape index (κ3) is 4.22. The van der Waals surface area contributed by atoms with Gasteiger partial charge in [-0.2, -0.15) is 5.10 Å². The topological polar surface area (TPSA) is 123 Å². The molecule has 0 radical (unpaired) electrons. The van der Waals surface area contributed by atoms with Crippen LogP contribution >= 0.6 is 0 Å². The van der Waals surface area contributed by atoms with Gasteiger partial charge in [-0.3, -0.25) is 4.79 Å². The molecule has 1 fully saturated rings. The normalized spacial score (nSPS) is 17.3. The number of hydrogen-bond donors (Lipinski definition) is 4. The van der Waals surface area contributed by atoms with Crippen molar-refractivity contribution >= 4 is 17.4 Å². The van der Waals surface area contributed by atoms with E-state index in [0.29, 0.717) is 23.6 Å². The number of nitrogens with one attached hydrogen (secondary N) is 1. The van der Waals surface area contributed by atoms with Gasteiger partial charge < -0.3 is 25.5 Å². The first-order chi connectivity index (χ1) is 15.0. The summed E-state index contributed by atoms with van der Waals surface area (Å²) in [6.07, 6.45) is 3.71. The molecule has 1 aliphatic rings. The Kier molecular flexibility index (Phi) is 6.12. The van der Waals surface area contributed by atoms with Gasteiger partial charge in [-0.1, -0.05) is 6.07 Å². The SMILES string of the molecule is O=C(NC[C@@H](O)CO)c1cnn2ccc(N3CCC[C@@H]3c3cc(F)ccc3CO)nc12. The largest absolute Gasteiger partial charge is 0.394 e. The molecule has 0 spiro atoms. The zero-order chi connectivity index (χ0) is 22.0. The van der Waals surface area contributed by atoms with Gasteiger partial charge in [-0.05, 0) is 42.2 Å².